The average Bonchev–Trinajstić information content (AvgIpc) is 2.33. The molecule has 0 aliphatic rings. The lowest BCUT2D eigenvalue weighted by molar-refractivity contribution is -0.135. The third kappa shape index (κ3) is 5.00. The summed E-state index contributed by atoms with van der Waals surface area (Å²) in [5, 5.41) is 2.35. The molecule has 0 radical (unpaired) electrons. The Labute approximate surface area is 102 Å². The van der Waals surface area contributed by atoms with E-state index in [0.29, 0.717) is 5.69 Å². The summed E-state index contributed by atoms with van der Waals surface area (Å²) in [6, 6.07) is 2.96. The first-order valence-corrected chi connectivity index (χ1v) is 5.20. The van der Waals surface area contributed by atoms with Crippen LogP contribution in [0.25, 0.3) is 0 Å². The molecule has 0 saturated heterocycles. The number of hydrogen-bond acceptors (Lipinski definition) is 4. The number of halogens is 3. The molecule has 5 nitrogen and oxygen atoms in total. The van der Waals surface area contributed by atoms with Crippen LogP contribution in [0, 0.1) is 0 Å². The van der Waals surface area contributed by atoms with E-state index in [9.17, 15) is 18.0 Å². The molecule has 0 aliphatic heterocycles. The molecule has 0 fully saturated rings. The Morgan fingerprint density at radius 3 is 2.78 bits per heavy atom. The van der Waals surface area contributed by atoms with Crippen LogP contribution >= 0.6 is 0 Å². The molecule has 0 spiro atoms. The van der Waals surface area contributed by atoms with E-state index in [-0.39, 0.29) is 18.7 Å². The van der Waals surface area contributed by atoms with Gasteiger partial charge < -0.3 is 10.7 Å². The van der Waals surface area contributed by atoms with Gasteiger partial charge in [0.05, 0.1) is 5.69 Å². The summed E-state index contributed by atoms with van der Waals surface area (Å²) >= 11 is 0. The molecule has 0 aliphatic carbocycles. The van der Waals surface area contributed by atoms with Gasteiger partial charge in [-0.15, -0.1) is 0 Å². The molecular formula is C10H13F3N4O. The van der Waals surface area contributed by atoms with E-state index in [0.717, 1.165) is 0 Å². The lowest BCUT2D eigenvalue weighted by Crippen LogP contribution is -2.26. The number of nitrogens with one attached hydrogen (secondary N) is 2. The van der Waals surface area contributed by atoms with Gasteiger partial charge in [-0.1, -0.05) is 0 Å². The Hall–Kier alpha value is -1.83. The molecule has 0 aromatic carbocycles. The number of hydrogen-bond donors (Lipinski definition) is 3. The van der Waals surface area contributed by atoms with Crippen molar-refractivity contribution in [3.63, 3.8) is 0 Å². The minimum atomic E-state index is -4.20. The van der Waals surface area contributed by atoms with Gasteiger partial charge in [-0.3, -0.25) is 15.6 Å². The standard InChI is InChI=1S/C10H13F3N4O/c11-10(12,13)3-1-4-16-9(18)8-6-7(17-14)2-5-15-8/h2,5-6H,1,3-4,14H2,(H,15,17)(H,16,18). The fourth-order valence-electron chi connectivity index (χ4n) is 1.23. The molecule has 0 saturated carbocycles. The highest BCUT2D eigenvalue weighted by molar-refractivity contribution is 5.93. The van der Waals surface area contributed by atoms with Gasteiger partial charge in [-0.25, -0.2) is 0 Å². The van der Waals surface area contributed by atoms with Gasteiger partial charge in [-0.2, -0.15) is 13.2 Å². The maximum absolute atomic E-state index is 11.9. The molecule has 100 valence electrons. The molecule has 1 amide bonds. The smallest absolute Gasteiger partial charge is 0.351 e. The van der Waals surface area contributed by atoms with Crippen LogP contribution < -0.4 is 16.6 Å². The zero-order valence-corrected chi connectivity index (χ0v) is 9.42. The fourth-order valence-corrected chi connectivity index (χ4v) is 1.23. The molecule has 1 rings (SSSR count). The van der Waals surface area contributed by atoms with E-state index in [1.807, 2.05) is 0 Å². The van der Waals surface area contributed by atoms with Crippen molar-refractivity contribution in [3.8, 4) is 0 Å². The zero-order valence-electron chi connectivity index (χ0n) is 9.42. The minimum absolute atomic E-state index is 0.0553. The van der Waals surface area contributed by atoms with Crippen LogP contribution in [-0.2, 0) is 0 Å². The number of hydrazine groups is 1. The number of carbonyl (C=O) groups excluding carboxylic acids is 1. The Balaban J connectivity index is 2.41. The van der Waals surface area contributed by atoms with Crippen LogP contribution in [0.1, 0.15) is 23.3 Å². The first kappa shape index (κ1) is 14.2. The molecule has 1 aromatic heterocycles. The Morgan fingerprint density at radius 2 is 2.17 bits per heavy atom. The van der Waals surface area contributed by atoms with Crippen LogP contribution in [0.5, 0.6) is 0 Å². The maximum atomic E-state index is 11.9. The first-order valence-electron chi connectivity index (χ1n) is 5.20. The van der Waals surface area contributed by atoms with Crippen molar-refractivity contribution in [3.05, 3.63) is 24.0 Å². The summed E-state index contributed by atoms with van der Waals surface area (Å²) in [4.78, 5) is 15.3. The first-order chi connectivity index (χ1) is 8.42. The quantitative estimate of drug-likeness (QED) is 0.426. The lowest BCUT2D eigenvalue weighted by atomic mass is 10.2. The van der Waals surface area contributed by atoms with Gasteiger partial charge in [0.2, 0.25) is 0 Å². The summed E-state index contributed by atoms with van der Waals surface area (Å²) in [7, 11) is 0. The number of anilines is 1. The van der Waals surface area contributed by atoms with E-state index in [1.54, 1.807) is 6.07 Å². The van der Waals surface area contributed by atoms with Gasteiger partial charge in [0.25, 0.3) is 5.91 Å². The average molecular weight is 262 g/mol. The van der Waals surface area contributed by atoms with Crippen LogP contribution in [0.4, 0.5) is 18.9 Å². The van der Waals surface area contributed by atoms with E-state index in [4.69, 9.17) is 5.84 Å². The Kier molecular flexibility index (Phi) is 4.90. The largest absolute Gasteiger partial charge is 0.389 e. The van der Waals surface area contributed by atoms with E-state index < -0.39 is 18.5 Å². The van der Waals surface area contributed by atoms with Crippen LogP contribution in [-0.4, -0.2) is 23.6 Å². The van der Waals surface area contributed by atoms with Crippen molar-refractivity contribution in [1.29, 1.82) is 0 Å². The van der Waals surface area contributed by atoms with Gasteiger partial charge in [-0.05, 0) is 18.6 Å². The highest BCUT2D eigenvalue weighted by Crippen LogP contribution is 2.20. The third-order valence-corrected chi connectivity index (χ3v) is 2.08. The number of nitrogens with two attached hydrogens (primary N) is 1. The minimum Gasteiger partial charge on any atom is -0.351 e. The Bertz CT molecular complexity index is 408. The van der Waals surface area contributed by atoms with Gasteiger partial charge in [0, 0.05) is 19.2 Å². The SMILES string of the molecule is NNc1ccnc(C(=O)NCCCC(F)(F)F)c1. The Morgan fingerprint density at radius 1 is 1.44 bits per heavy atom. The highest BCUT2D eigenvalue weighted by atomic mass is 19.4. The van der Waals surface area contributed by atoms with Crippen molar-refractivity contribution < 1.29 is 18.0 Å². The second kappa shape index (κ2) is 6.20. The van der Waals surface area contributed by atoms with Crippen molar-refractivity contribution in [2.45, 2.75) is 19.0 Å². The number of nitrogens with zero attached hydrogens (tertiary/aromatic N) is 1. The molecule has 1 aromatic rings. The van der Waals surface area contributed by atoms with Crippen molar-refractivity contribution in [2.24, 2.45) is 5.84 Å². The second-order valence-electron chi connectivity index (χ2n) is 3.55. The van der Waals surface area contributed by atoms with Crippen molar-refractivity contribution in [2.75, 3.05) is 12.0 Å². The summed E-state index contributed by atoms with van der Waals surface area (Å²) < 4.78 is 35.6. The molecular weight excluding hydrogens is 249 g/mol. The summed E-state index contributed by atoms with van der Waals surface area (Å²) in [5.41, 5.74) is 2.93. The third-order valence-electron chi connectivity index (χ3n) is 2.08. The summed E-state index contributed by atoms with van der Waals surface area (Å²) in [6.07, 6.45) is -3.92. The molecule has 0 atom stereocenters. The number of rotatable bonds is 5. The van der Waals surface area contributed by atoms with E-state index in [2.05, 4.69) is 15.7 Å². The molecule has 4 N–H and O–H groups in total. The van der Waals surface area contributed by atoms with Gasteiger partial charge in [0.1, 0.15) is 5.69 Å². The second-order valence-corrected chi connectivity index (χ2v) is 3.55. The lowest BCUT2D eigenvalue weighted by Gasteiger charge is -2.07. The van der Waals surface area contributed by atoms with Gasteiger partial charge in [0.15, 0.2) is 0 Å². The van der Waals surface area contributed by atoms with Crippen LogP contribution in [0.15, 0.2) is 18.3 Å². The predicted octanol–water partition coefficient (Wildman–Crippen LogP) is 1.44. The fraction of sp³-hybridized carbons (Fsp3) is 0.400. The molecule has 8 heteroatoms. The zero-order chi connectivity index (χ0) is 13.6. The number of carbonyl (C=O) groups is 1. The normalized spacial score (nSPS) is 11.1. The van der Waals surface area contributed by atoms with Crippen molar-refractivity contribution in [1.82, 2.24) is 10.3 Å². The number of aromatic nitrogens is 1. The van der Waals surface area contributed by atoms with Gasteiger partial charge >= 0.3 is 6.18 Å². The number of amides is 1. The van der Waals surface area contributed by atoms with E-state index >= 15 is 0 Å². The summed E-state index contributed by atoms with van der Waals surface area (Å²) in [6.45, 7) is -0.0553. The molecule has 0 bridgehead atoms. The maximum Gasteiger partial charge on any atom is 0.389 e. The number of alkyl halides is 3. The highest BCUT2D eigenvalue weighted by Gasteiger charge is 2.26. The molecule has 1 heterocycles. The van der Waals surface area contributed by atoms with Crippen molar-refractivity contribution >= 4 is 11.6 Å². The number of pyridine rings is 1. The predicted molar refractivity (Wildman–Crippen MR) is 59.7 cm³/mol. The monoisotopic (exact) mass is 262 g/mol. The summed E-state index contributed by atoms with van der Waals surface area (Å²) in [5.74, 6) is 4.62. The van der Waals surface area contributed by atoms with Crippen LogP contribution in [0.3, 0.4) is 0 Å². The molecule has 18 heavy (non-hydrogen) atoms. The molecule has 0 unspecified atom stereocenters. The van der Waals surface area contributed by atoms with Crippen LogP contribution in [0.2, 0.25) is 0 Å². The van der Waals surface area contributed by atoms with E-state index in [1.165, 1.54) is 12.3 Å². The topological polar surface area (TPSA) is 80.0 Å². The number of nitrogen functional groups attached to an aromatic ring is 1.